The minimum absolute atomic E-state index is 0.309. The largest absolute Gasteiger partial charge is 0.305 e. The third-order valence-corrected chi connectivity index (χ3v) is 4.97. The molecule has 3 rings (SSSR count). The highest BCUT2D eigenvalue weighted by Gasteiger charge is 2.18. The molecule has 23 heavy (non-hydrogen) atoms. The monoisotopic (exact) mass is 379 g/mol. The summed E-state index contributed by atoms with van der Waals surface area (Å²) in [5.41, 5.74) is 1.46. The first-order chi connectivity index (χ1) is 11.1. The average molecular weight is 380 g/mol. The third kappa shape index (κ3) is 3.99. The van der Waals surface area contributed by atoms with Gasteiger partial charge in [-0.05, 0) is 47.0 Å². The van der Waals surface area contributed by atoms with Crippen molar-refractivity contribution < 1.29 is 9.18 Å². The molecule has 1 aromatic carbocycles. The first-order valence-corrected chi connectivity index (χ1v) is 8.74. The van der Waals surface area contributed by atoms with E-state index in [0.29, 0.717) is 21.8 Å². The Hall–Kier alpha value is -1.69. The zero-order chi connectivity index (χ0) is 16.2. The van der Waals surface area contributed by atoms with Crippen LogP contribution in [0.15, 0.2) is 28.7 Å². The molecule has 4 nitrogen and oxygen atoms in total. The molecule has 6 heteroatoms. The van der Waals surface area contributed by atoms with Gasteiger partial charge in [0.2, 0.25) is 0 Å². The number of carbonyl (C=O) groups excluding carboxylic acids is 1. The van der Waals surface area contributed by atoms with Crippen LogP contribution in [-0.4, -0.2) is 16.1 Å². The topological polar surface area (TPSA) is 57.8 Å². The van der Waals surface area contributed by atoms with Crippen LogP contribution in [0.4, 0.5) is 10.2 Å². The standard InChI is InChI=1S/C17H19BrFN3O/c18-14-9-12(19)7-8-13(14)17(23)20-16-10-15(21-22-16)11-5-3-1-2-4-6-11/h7-11H,1-6H2,(H2,20,21,22,23). The maximum Gasteiger partial charge on any atom is 0.258 e. The van der Waals surface area contributed by atoms with Gasteiger partial charge < -0.3 is 5.32 Å². The molecule has 0 bridgehead atoms. The van der Waals surface area contributed by atoms with Gasteiger partial charge in [0.1, 0.15) is 5.82 Å². The van der Waals surface area contributed by atoms with Crippen LogP contribution in [0.3, 0.4) is 0 Å². The molecule has 0 radical (unpaired) electrons. The molecule has 1 heterocycles. The van der Waals surface area contributed by atoms with E-state index in [0.717, 1.165) is 5.69 Å². The van der Waals surface area contributed by atoms with Gasteiger partial charge >= 0.3 is 0 Å². The molecular weight excluding hydrogens is 361 g/mol. The molecule has 1 aromatic heterocycles. The third-order valence-electron chi connectivity index (χ3n) is 4.31. The van der Waals surface area contributed by atoms with E-state index < -0.39 is 0 Å². The summed E-state index contributed by atoms with van der Waals surface area (Å²) in [5.74, 6) is 0.304. The average Bonchev–Trinajstić information content (AvgIpc) is 2.81. The van der Waals surface area contributed by atoms with Crippen molar-refractivity contribution in [1.82, 2.24) is 10.2 Å². The highest BCUT2D eigenvalue weighted by Crippen LogP contribution is 2.31. The summed E-state index contributed by atoms with van der Waals surface area (Å²) in [6.45, 7) is 0. The molecular formula is C17H19BrFN3O. The predicted molar refractivity (Wildman–Crippen MR) is 91.1 cm³/mol. The number of rotatable bonds is 3. The molecule has 0 spiro atoms. The second kappa shape index (κ2) is 7.25. The van der Waals surface area contributed by atoms with Crippen LogP contribution in [-0.2, 0) is 0 Å². The highest BCUT2D eigenvalue weighted by atomic mass is 79.9. The van der Waals surface area contributed by atoms with E-state index in [9.17, 15) is 9.18 Å². The summed E-state index contributed by atoms with van der Waals surface area (Å²) in [5, 5.41) is 10.00. The molecule has 1 saturated carbocycles. The number of halogens is 2. The van der Waals surface area contributed by atoms with Crippen LogP contribution < -0.4 is 5.32 Å². The van der Waals surface area contributed by atoms with Gasteiger partial charge in [-0.3, -0.25) is 9.89 Å². The van der Waals surface area contributed by atoms with E-state index in [2.05, 4.69) is 31.4 Å². The zero-order valence-corrected chi connectivity index (χ0v) is 14.3. The van der Waals surface area contributed by atoms with Gasteiger partial charge in [0.25, 0.3) is 5.91 Å². The maximum atomic E-state index is 13.1. The minimum Gasteiger partial charge on any atom is -0.305 e. The lowest BCUT2D eigenvalue weighted by molar-refractivity contribution is 0.102. The lowest BCUT2D eigenvalue weighted by atomic mass is 9.97. The summed E-state index contributed by atoms with van der Waals surface area (Å²) < 4.78 is 13.5. The normalized spacial score (nSPS) is 16.1. The molecule has 1 aliphatic carbocycles. The molecule has 122 valence electrons. The number of carbonyl (C=O) groups is 1. The second-order valence-corrected chi connectivity index (χ2v) is 6.83. The van der Waals surface area contributed by atoms with Gasteiger partial charge in [-0.2, -0.15) is 5.10 Å². The van der Waals surface area contributed by atoms with E-state index in [1.165, 1.54) is 56.7 Å². The molecule has 1 aliphatic rings. The zero-order valence-electron chi connectivity index (χ0n) is 12.7. The highest BCUT2D eigenvalue weighted by molar-refractivity contribution is 9.10. The SMILES string of the molecule is O=C(Nc1cc(C2CCCCCC2)[nH]n1)c1ccc(F)cc1Br. The molecule has 0 saturated heterocycles. The van der Waals surface area contributed by atoms with Crippen LogP contribution >= 0.6 is 15.9 Å². The first-order valence-electron chi connectivity index (χ1n) is 7.95. The van der Waals surface area contributed by atoms with E-state index >= 15 is 0 Å². The number of benzene rings is 1. The molecule has 1 fully saturated rings. The van der Waals surface area contributed by atoms with Crippen molar-refractivity contribution in [3.63, 3.8) is 0 Å². The van der Waals surface area contributed by atoms with Crippen molar-refractivity contribution in [3.05, 3.63) is 45.8 Å². The fraction of sp³-hybridized carbons (Fsp3) is 0.412. The van der Waals surface area contributed by atoms with Crippen LogP contribution in [0.25, 0.3) is 0 Å². The van der Waals surface area contributed by atoms with Crippen LogP contribution in [0.2, 0.25) is 0 Å². The number of anilines is 1. The summed E-state index contributed by atoms with van der Waals surface area (Å²) in [6, 6.07) is 5.90. The smallest absolute Gasteiger partial charge is 0.258 e. The van der Waals surface area contributed by atoms with Gasteiger partial charge in [0, 0.05) is 22.2 Å². The fourth-order valence-electron chi connectivity index (χ4n) is 3.06. The van der Waals surface area contributed by atoms with E-state index in [1.807, 2.05) is 6.07 Å². The Morgan fingerprint density at radius 3 is 2.65 bits per heavy atom. The van der Waals surface area contributed by atoms with Gasteiger partial charge in [-0.25, -0.2) is 4.39 Å². The summed E-state index contributed by atoms with van der Waals surface area (Å²) in [4.78, 5) is 12.3. The van der Waals surface area contributed by atoms with Crippen LogP contribution in [0.1, 0.15) is 60.5 Å². The summed E-state index contributed by atoms with van der Waals surface area (Å²) in [6.07, 6.45) is 7.42. The van der Waals surface area contributed by atoms with E-state index in [-0.39, 0.29) is 11.7 Å². The molecule has 2 aromatic rings. The minimum atomic E-state index is -0.385. The van der Waals surface area contributed by atoms with Crippen molar-refractivity contribution in [2.24, 2.45) is 0 Å². The Morgan fingerprint density at radius 2 is 1.96 bits per heavy atom. The van der Waals surface area contributed by atoms with E-state index in [4.69, 9.17) is 0 Å². The Bertz CT molecular complexity index is 693. The van der Waals surface area contributed by atoms with Crippen LogP contribution in [0.5, 0.6) is 0 Å². The Labute approximate surface area is 143 Å². The molecule has 0 atom stereocenters. The lowest BCUT2D eigenvalue weighted by Crippen LogP contribution is -2.13. The Kier molecular flexibility index (Phi) is 5.10. The van der Waals surface area contributed by atoms with E-state index in [1.54, 1.807) is 0 Å². The van der Waals surface area contributed by atoms with Crippen molar-refractivity contribution in [1.29, 1.82) is 0 Å². The number of aromatic nitrogens is 2. The van der Waals surface area contributed by atoms with Gasteiger partial charge in [-0.15, -0.1) is 0 Å². The van der Waals surface area contributed by atoms with Gasteiger partial charge in [-0.1, -0.05) is 25.7 Å². The molecule has 1 amide bonds. The summed E-state index contributed by atoms with van der Waals surface area (Å²) in [7, 11) is 0. The van der Waals surface area contributed by atoms with Crippen molar-refractivity contribution in [2.75, 3.05) is 5.32 Å². The van der Waals surface area contributed by atoms with Gasteiger partial charge in [0.05, 0.1) is 5.56 Å². The maximum absolute atomic E-state index is 13.1. The number of hydrogen-bond donors (Lipinski definition) is 2. The van der Waals surface area contributed by atoms with Gasteiger partial charge in [0.15, 0.2) is 5.82 Å². The number of hydrogen-bond acceptors (Lipinski definition) is 2. The molecule has 0 aliphatic heterocycles. The van der Waals surface area contributed by atoms with Crippen LogP contribution in [0, 0.1) is 5.82 Å². The predicted octanol–water partition coefficient (Wildman–Crippen LogP) is 5.00. The molecule has 0 unspecified atom stereocenters. The summed E-state index contributed by atoms with van der Waals surface area (Å²) >= 11 is 3.21. The fourth-order valence-corrected chi connectivity index (χ4v) is 3.59. The Morgan fingerprint density at radius 1 is 1.22 bits per heavy atom. The number of nitrogens with one attached hydrogen (secondary N) is 2. The Balaban J connectivity index is 1.69. The number of aromatic amines is 1. The lowest BCUT2D eigenvalue weighted by Gasteiger charge is -2.10. The van der Waals surface area contributed by atoms with Crippen molar-refractivity contribution in [3.8, 4) is 0 Å². The van der Waals surface area contributed by atoms with Crippen molar-refractivity contribution in [2.45, 2.75) is 44.4 Å². The quantitative estimate of drug-likeness (QED) is 0.737. The second-order valence-electron chi connectivity index (χ2n) is 5.98. The van der Waals surface area contributed by atoms with Crippen molar-refractivity contribution >= 4 is 27.7 Å². The first kappa shape index (κ1) is 16.2. The molecule has 2 N–H and O–H groups in total. The number of amides is 1. The number of H-pyrrole nitrogens is 1. The number of nitrogens with zero attached hydrogens (tertiary/aromatic N) is 1.